The molecule has 0 saturated carbocycles. The van der Waals surface area contributed by atoms with Crippen molar-refractivity contribution in [3.05, 3.63) is 69.4 Å². The summed E-state index contributed by atoms with van der Waals surface area (Å²) in [6, 6.07) is 14.7. The van der Waals surface area contributed by atoms with Crippen LogP contribution in [-0.4, -0.2) is 16.0 Å². The molecule has 0 atom stereocenters. The number of hydrogen-bond donors (Lipinski definition) is 2. The Kier molecular flexibility index (Phi) is 5.13. The lowest BCUT2D eigenvalue weighted by Gasteiger charge is -2.11. The average Bonchev–Trinajstić information content (AvgIpc) is 3.32. The number of thiophene rings is 1. The molecule has 2 aromatic carbocycles. The number of nitrogens with zero attached hydrogens (tertiary/aromatic N) is 1. The van der Waals surface area contributed by atoms with Crippen LogP contribution in [0.1, 0.15) is 15.2 Å². The van der Waals surface area contributed by atoms with Gasteiger partial charge in [-0.2, -0.15) is 0 Å². The van der Waals surface area contributed by atoms with Gasteiger partial charge >= 0.3 is 0 Å². The smallest absolute Gasteiger partial charge is 0.267 e. The summed E-state index contributed by atoms with van der Waals surface area (Å²) in [5, 5.41) is 8.04. The number of aryl methyl sites for hydroxylation is 1. The van der Waals surface area contributed by atoms with Gasteiger partial charge in [0.25, 0.3) is 5.91 Å². The average molecular weight is 428 g/mol. The highest BCUT2D eigenvalue weighted by Crippen LogP contribution is 2.30. The molecule has 0 aliphatic heterocycles. The van der Waals surface area contributed by atoms with Crippen molar-refractivity contribution in [1.29, 1.82) is 0 Å². The van der Waals surface area contributed by atoms with Crippen LogP contribution >= 0.6 is 35.2 Å². The summed E-state index contributed by atoms with van der Waals surface area (Å²) in [4.78, 5) is 17.2. The minimum atomic E-state index is -0.269. The number of oxazole rings is 1. The Hall–Kier alpha value is -2.74. The number of thiocarbonyl (C=S) groups is 1. The van der Waals surface area contributed by atoms with Gasteiger partial charge in [-0.25, -0.2) is 4.98 Å². The first kappa shape index (κ1) is 18.6. The molecular weight excluding hydrogens is 414 g/mol. The number of amides is 1. The summed E-state index contributed by atoms with van der Waals surface area (Å²) < 4.78 is 5.84. The van der Waals surface area contributed by atoms with Gasteiger partial charge < -0.3 is 9.73 Å². The highest BCUT2D eigenvalue weighted by molar-refractivity contribution is 7.80. The molecule has 0 bridgehead atoms. The topological polar surface area (TPSA) is 67.2 Å². The van der Waals surface area contributed by atoms with E-state index in [0.29, 0.717) is 27.1 Å². The maximum atomic E-state index is 12.1. The van der Waals surface area contributed by atoms with E-state index in [1.54, 1.807) is 24.3 Å². The Morgan fingerprint density at radius 1 is 1.21 bits per heavy atom. The van der Waals surface area contributed by atoms with E-state index >= 15 is 0 Å². The van der Waals surface area contributed by atoms with E-state index in [4.69, 9.17) is 28.2 Å². The van der Waals surface area contributed by atoms with Crippen molar-refractivity contribution in [3.63, 3.8) is 0 Å². The molecule has 0 radical (unpaired) electrons. The number of anilines is 1. The number of carbonyl (C=O) groups excluding carboxylic acids is 1. The van der Waals surface area contributed by atoms with Crippen molar-refractivity contribution < 1.29 is 9.21 Å². The first-order valence-electron chi connectivity index (χ1n) is 8.32. The van der Waals surface area contributed by atoms with E-state index < -0.39 is 0 Å². The number of benzene rings is 2. The normalized spacial score (nSPS) is 10.8. The SMILES string of the molecule is Cc1ccc2oc(-c3ccc(Cl)c(NC(=S)NC(=O)c4cccs4)c3)nc2c1. The number of halogens is 1. The van der Waals surface area contributed by atoms with Crippen molar-refractivity contribution >= 4 is 63.0 Å². The van der Waals surface area contributed by atoms with Gasteiger partial charge in [0.15, 0.2) is 10.7 Å². The van der Waals surface area contributed by atoms with Gasteiger partial charge in [-0.15, -0.1) is 11.3 Å². The summed E-state index contributed by atoms with van der Waals surface area (Å²) in [6.07, 6.45) is 0. The van der Waals surface area contributed by atoms with Gasteiger partial charge in [-0.05, 0) is 66.5 Å². The molecule has 8 heteroatoms. The molecule has 28 heavy (non-hydrogen) atoms. The second kappa shape index (κ2) is 7.71. The Morgan fingerprint density at radius 2 is 2.07 bits per heavy atom. The van der Waals surface area contributed by atoms with Crippen LogP contribution in [0.15, 0.2) is 58.3 Å². The monoisotopic (exact) mass is 427 g/mol. The van der Waals surface area contributed by atoms with Crippen LogP contribution in [0.5, 0.6) is 0 Å². The van der Waals surface area contributed by atoms with E-state index in [2.05, 4.69) is 15.6 Å². The minimum absolute atomic E-state index is 0.158. The molecule has 0 aliphatic carbocycles. The van der Waals surface area contributed by atoms with Crippen LogP contribution in [-0.2, 0) is 0 Å². The summed E-state index contributed by atoms with van der Waals surface area (Å²) in [5.74, 6) is 0.211. The zero-order valence-corrected chi connectivity index (χ0v) is 17.0. The molecule has 5 nitrogen and oxygen atoms in total. The van der Waals surface area contributed by atoms with Gasteiger partial charge in [0.1, 0.15) is 5.52 Å². The Bertz CT molecular complexity index is 1190. The summed E-state index contributed by atoms with van der Waals surface area (Å²) >= 11 is 12.9. The highest BCUT2D eigenvalue weighted by Gasteiger charge is 2.13. The number of fused-ring (bicyclic) bond motifs is 1. The van der Waals surface area contributed by atoms with Gasteiger partial charge in [0.05, 0.1) is 15.6 Å². The maximum absolute atomic E-state index is 12.1. The second-order valence-electron chi connectivity index (χ2n) is 6.07. The molecule has 2 heterocycles. The van der Waals surface area contributed by atoms with Crippen LogP contribution in [0.25, 0.3) is 22.6 Å². The van der Waals surface area contributed by atoms with E-state index in [9.17, 15) is 4.79 Å². The van der Waals surface area contributed by atoms with Crippen molar-refractivity contribution in [3.8, 4) is 11.5 Å². The molecule has 2 N–H and O–H groups in total. The van der Waals surface area contributed by atoms with Crippen LogP contribution < -0.4 is 10.6 Å². The Balaban J connectivity index is 1.56. The number of nitrogens with one attached hydrogen (secondary N) is 2. The number of aromatic nitrogens is 1. The van der Waals surface area contributed by atoms with Crippen molar-refractivity contribution in [2.75, 3.05) is 5.32 Å². The Labute approximate surface area is 175 Å². The molecule has 140 valence electrons. The van der Waals surface area contributed by atoms with Crippen LogP contribution in [0.3, 0.4) is 0 Å². The zero-order chi connectivity index (χ0) is 19.7. The second-order valence-corrected chi connectivity index (χ2v) is 7.83. The molecule has 2 aromatic heterocycles. The van der Waals surface area contributed by atoms with E-state index in [1.165, 1.54) is 11.3 Å². The van der Waals surface area contributed by atoms with Crippen molar-refractivity contribution in [2.24, 2.45) is 0 Å². The predicted octanol–water partition coefficient (Wildman–Crippen LogP) is 5.64. The van der Waals surface area contributed by atoms with Gasteiger partial charge in [-0.3, -0.25) is 10.1 Å². The fraction of sp³-hybridized carbons (Fsp3) is 0.0500. The number of hydrogen-bond acceptors (Lipinski definition) is 5. The zero-order valence-electron chi connectivity index (χ0n) is 14.7. The molecule has 0 unspecified atom stereocenters. The molecule has 0 spiro atoms. The third-order valence-electron chi connectivity index (χ3n) is 3.98. The lowest BCUT2D eigenvalue weighted by atomic mass is 10.2. The number of carbonyl (C=O) groups is 1. The molecule has 4 rings (SSSR count). The lowest BCUT2D eigenvalue weighted by Crippen LogP contribution is -2.33. The van der Waals surface area contributed by atoms with Gasteiger partial charge in [0.2, 0.25) is 5.89 Å². The fourth-order valence-corrected chi connectivity index (χ4v) is 3.63. The van der Waals surface area contributed by atoms with E-state index in [0.717, 1.165) is 16.6 Å². The molecule has 0 saturated heterocycles. The first-order valence-corrected chi connectivity index (χ1v) is 9.99. The molecule has 1 amide bonds. The van der Waals surface area contributed by atoms with Gasteiger partial charge in [0, 0.05) is 5.56 Å². The van der Waals surface area contributed by atoms with Crippen molar-refractivity contribution in [2.45, 2.75) is 6.92 Å². The van der Waals surface area contributed by atoms with Crippen LogP contribution in [0.2, 0.25) is 5.02 Å². The van der Waals surface area contributed by atoms with Crippen LogP contribution in [0.4, 0.5) is 5.69 Å². The minimum Gasteiger partial charge on any atom is -0.436 e. The third-order valence-corrected chi connectivity index (χ3v) is 5.38. The summed E-state index contributed by atoms with van der Waals surface area (Å²) in [7, 11) is 0. The fourth-order valence-electron chi connectivity index (χ4n) is 2.64. The molecule has 0 fully saturated rings. The maximum Gasteiger partial charge on any atom is 0.267 e. The van der Waals surface area contributed by atoms with Gasteiger partial charge in [-0.1, -0.05) is 23.7 Å². The Morgan fingerprint density at radius 3 is 2.86 bits per heavy atom. The largest absolute Gasteiger partial charge is 0.436 e. The standard InChI is InChI=1S/C20H14ClN3O2S2/c1-11-4-7-16-15(9-11)22-19(26-16)12-5-6-13(21)14(10-12)23-20(27)24-18(25)17-3-2-8-28-17/h2-10H,1H3,(H2,23,24,25,27). The predicted molar refractivity (Wildman–Crippen MR) is 117 cm³/mol. The highest BCUT2D eigenvalue weighted by atomic mass is 35.5. The van der Waals surface area contributed by atoms with Crippen LogP contribution in [0, 0.1) is 6.92 Å². The van der Waals surface area contributed by atoms with Crippen molar-refractivity contribution in [1.82, 2.24) is 10.3 Å². The molecular formula is C20H14ClN3O2S2. The number of rotatable bonds is 3. The first-order chi connectivity index (χ1) is 13.5. The van der Waals surface area contributed by atoms with E-state index in [-0.39, 0.29) is 11.0 Å². The summed E-state index contributed by atoms with van der Waals surface area (Å²) in [5.41, 5.74) is 3.90. The summed E-state index contributed by atoms with van der Waals surface area (Å²) in [6.45, 7) is 2.00. The molecule has 4 aromatic rings. The lowest BCUT2D eigenvalue weighted by molar-refractivity contribution is 0.0981. The quantitative estimate of drug-likeness (QED) is 0.414. The van der Waals surface area contributed by atoms with E-state index in [1.807, 2.05) is 36.6 Å². The third kappa shape index (κ3) is 3.91. The molecule has 0 aliphatic rings.